The van der Waals surface area contributed by atoms with Crippen LogP contribution in [0.5, 0.6) is 0 Å². The predicted molar refractivity (Wildman–Crippen MR) is 86.8 cm³/mol. The van der Waals surface area contributed by atoms with Crippen LogP contribution in [-0.2, 0) is 9.59 Å². The maximum atomic E-state index is 12.1. The Labute approximate surface area is 133 Å². The van der Waals surface area contributed by atoms with Crippen LogP contribution in [0.25, 0.3) is 0 Å². The number of hydrogen-bond acceptors (Lipinski definition) is 3. The van der Waals surface area contributed by atoms with E-state index in [2.05, 4.69) is 16.8 Å². The van der Waals surface area contributed by atoms with Crippen molar-refractivity contribution in [3.63, 3.8) is 0 Å². The molecule has 2 amide bonds. The zero-order chi connectivity index (χ0) is 16.1. The molecule has 0 aromatic heterocycles. The fourth-order valence-electron chi connectivity index (χ4n) is 3.59. The molecule has 2 unspecified atom stereocenters. The average Bonchev–Trinajstić information content (AvgIpc) is 2.87. The summed E-state index contributed by atoms with van der Waals surface area (Å²) in [5.41, 5.74) is 6.72. The Morgan fingerprint density at radius 2 is 2.09 bits per heavy atom. The van der Waals surface area contributed by atoms with Gasteiger partial charge in [0.05, 0.1) is 0 Å². The van der Waals surface area contributed by atoms with Crippen LogP contribution < -0.4 is 16.4 Å². The smallest absolute Gasteiger partial charge is 0.240 e. The van der Waals surface area contributed by atoms with Crippen LogP contribution in [-0.4, -0.2) is 23.9 Å². The van der Waals surface area contributed by atoms with Gasteiger partial charge in [0.1, 0.15) is 6.04 Å². The van der Waals surface area contributed by atoms with E-state index in [-0.39, 0.29) is 5.91 Å². The summed E-state index contributed by atoms with van der Waals surface area (Å²) in [6.45, 7) is 4.03. The largest absolute Gasteiger partial charge is 0.388 e. The number of amides is 2. The van der Waals surface area contributed by atoms with Crippen LogP contribution in [0.4, 0.5) is 0 Å². The Kier molecular flexibility index (Phi) is 5.86. The molecule has 1 saturated carbocycles. The zero-order valence-electron chi connectivity index (χ0n) is 13.7. The number of carbonyl (C=O) groups excluding carboxylic acids is 2. The van der Waals surface area contributed by atoms with Crippen LogP contribution in [0.2, 0.25) is 0 Å². The summed E-state index contributed by atoms with van der Waals surface area (Å²) in [5, 5.41) is 6.23. The van der Waals surface area contributed by atoms with Gasteiger partial charge in [0.2, 0.25) is 11.8 Å². The summed E-state index contributed by atoms with van der Waals surface area (Å²) >= 11 is 0. The minimum Gasteiger partial charge on any atom is -0.388 e. The lowest BCUT2D eigenvalue weighted by Crippen LogP contribution is -2.45. The second-order valence-corrected chi connectivity index (χ2v) is 7.04. The fraction of sp³-hybridized carbons (Fsp3) is 0.765. The molecule has 5 nitrogen and oxygen atoms in total. The molecule has 0 saturated heterocycles. The third kappa shape index (κ3) is 4.49. The molecule has 0 bridgehead atoms. The van der Waals surface area contributed by atoms with Crippen LogP contribution in [0.3, 0.4) is 0 Å². The van der Waals surface area contributed by atoms with Crippen molar-refractivity contribution < 1.29 is 9.59 Å². The summed E-state index contributed by atoms with van der Waals surface area (Å²) in [4.78, 5) is 23.5. The van der Waals surface area contributed by atoms with Gasteiger partial charge in [-0.05, 0) is 43.4 Å². The van der Waals surface area contributed by atoms with Crippen molar-refractivity contribution in [1.29, 1.82) is 0 Å². The number of hydrogen-bond donors (Lipinski definition) is 3. The predicted octanol–water partition coefficient (Wildman–Crippen LogP) is 1.83. The van der Waals surface area contributed by atoms with Crippen molar-refractivity contribution in [2.24, 2.45) is 17.6 Å². The van der Waals surface area contributed by atoms with E-state index < -0.39 is 11.9 Å². The molecule has 2 aliphatic rings. The number of primary amides is 1. The Bertz CT molecular complexity index is 445. The van der Waals surface area contributed by atoms with Crippen molar-refractivity contribution in [2.75, 3.05) is 0 Å². The summed E-state index contributed by atoms with van der Waals surface area (Å²) < 4.78 is 0. The summed E-state index contributed by atoms with van der Waals surface area (Å²) in [6.07, 6.45) is 8.93. The highest BCUT2D eigenvalue weighted by atomic mass is 16.2. The lowest BCUT2D eigenvalue weighted by atomic mass is 9.81. The van der Waals surface area contributed by atoms with Crippen LogP contribution >= 0.6 is 0 Å². The van der Waals surface area contributed by atoms with Crippen molar-refractivity contribution in [3.05, 3.63) is 11.8 Å². The molecule has 22 heavy (non-hydrogen) atoms. The summed E-state index contributed by atoms with van der Waals surface area (Å²) in [6, 6.07) is 0.0248. The lowest BCUT2D eigenvalue weighted by molar-refractivity contribution is -0.127. The normalized spacial score (nSPS) is 25.1. The Morgan fingerprint density at radius 3 is 2.77 bits per heavy atom. The first-order valence-electron chi connectivity index (χ1n) is 8.51. The minimum absolute atomic E-state index is 0.0791. The Balaban J connectivity index is 1.78. The Hall–Kier alpha value is -1.52. The standard InChI is InChI=1S/C17H29N3O2/c1-11(2)9-15(17(18)22)20-16(21)8-7-12-10-19-14-6-4-3-5-13(12)14/h10-11,13-15,19H,3-9H2,1-2H3,(H2,18,22)(H,20,21)/t13?,14?,15-/m0/s1. The van der Waals surface area contributed by atoms with Crippen molar-refractivity contribution in [1.82, 2.24) is 10.6 Å². The second-order valence-electron chi connectivity index (χ2n) is 7.04. The van der Waals surface area contributed by atoms with E-state index in [1.165, 1.54) is 31.3 Å². The second kappa shape index (κ2) is 7.65. The van der Waals surface area contributed by atoms with E-state index >= 15 is 0 Å². The van der Waals surface area contributed by atoms with Crippen molar-refractivity contribution in [3.8, 4) is 0 Å². The molecule has 2 rings (SSSR count). The molecule has 4 N–H and O–H groups in total. The van der Waals surface area contributed by atoms with E-state index in [0.29, 0.717) is 30.7 Å². The van der Waals surface area contributed by atoms with Crippen LogP contribution in [0, 0.1) is 11.8 Å². The quantitative estimate of drug-likeness (QED) is 0.671. The van der Waals surface area contributed by atoms with E-state index in [0.717, 1.165) is 6.42 Å². The van der Waals surface area contributed by atoms with Gasteiger partial charge in [-0.2, -0.15) is 0 Å². The van der Waals surface area contributed by atoms with E-state index in [1.807, 2.05) is 13.8 Å². The highest BCUT2D eigenvalue weighted by Crippen LogP contribution is 2.35. The molecule has 0 radical (unpaired) electrons. The van der Waals surface area contributed by atoms with Gasteiger partial charge in [-0.25, -0.2) is 0 Å². The van der Waals surface area contributed by atoms with E-state index in [9.17, 15) is 9.59 Å². The monoisotopic (exact) mass is 307 g/mol. The highest BCUT2D eigenvalue weighted by molar-refractivity contribution is 5.86. The fourth-order valence-corrected chi connectivity index (χ4v) is 3.59. The maximum Gasteiger partial charge on any atom is 0.240 e. The van der Waals surface area contributed by atoms with Gasteiger partial charge < -0.3 is 16.4 Å². The molecule has 5 heteroatoms. The van der Waals surface area contributed by atoms with Gasteiger partial charge >= 0.3 is 0 Å². The molecule has 3 atom stereocenters. The number of carbonyl (C=O) groups is 2. The molecule has 1 aliphatic heterocycles. The van der Waals surface area contributed by atoms with Gasteiger partial charge in [0, 0.05) is 18.4 Å². The van der Waals surface area contributed by atoms with E-state index in [4.69, 9.17) is 5.73 Å². The van der Waals surface area contributed by atoms with Gasteiger partial charge in [-0.1, -0.05) is 26.7 Å². The SMILES string of the molecule is CC(C)C[C@H](NC(=O)CCC1=CNC2CCCCC12)C(N)=O. The first-order chi connectivity index (χ1) is 10.5. The molecule has 1 fully saturated rings. The van der Waals surface area contributed by atoms with Gasteiger partial charge in [0.25, 0.3) is 0 Å². The molecule has 0 aromatic carbocycles. The molecule has 124 valence electrons. The molecule has 1 aliphatic carbocycles. The minimum atomic E-state index is -0.550. The van der Waals surface area contributed by atoms with Crippen LogP contribution in [0.1, 0.15) is 58.8 Å². The maximum absolute atomic E-state index is 12.1. The van der Waals surface area contributed by atoms with Crippen molar-refractivity contribution >= 4 is 11.8 Å². The van der Waals surface area contributed by atoms with Crippen LogP contribution in [0.15, 0.2) is 11.8 Å². The number of rotatable bonds is 7. The zero-order valence-corrected chi connectivity index (χ0v) is 13.7. The summed E-state index contributed by atoms with van der Waals surface area (Å²) in [7, 11) is 0. The van der Waals surface area contributed by atoms with Gasteiger partial charge in [0.15, 0.2) is 0 Å². The third-order valence-corrected chi connectivity index (χ3v) is 4.75. The highest BCUT2D eigenvalue weighted by Gasteiger charge is 2.31. The third-order valence-electron chi connectivity index (χ3n) is 4.75. The molecule has 0 aromatic rings. The number of nitrogens with one attached hydrogen (secondary N) is 2. The molecular weight excluding hydrogens is 278 g/mol. The molecule has 0 spiro atoms. The van der Waals surface area contributed by atoms with Gasteiger partial charge in [-0.15, -0.1) is 0 Å². The average molecular weight is 307 g/mol. The number of nitrogens with two attached hydrogens (primary N) is 1. The lowest BCUT2D eigenvalue weighted by Gasteiger charge is -2.27. The Morgan fingerprint density at radius 1 is 1.36 bits per heavy atom. The molecular formula is C17H29N3O2. The number of fused-ring (bicyclic) bond motifs is 1. The first-order valence-corrected chi connectivity index (χ1v) is 8.51. The molecule has 1 heterocycles. The first kappa shape index (κ1) is 16.8. The van der Waals surface area contributed by atoms with E-state index in [1.54, 1.807) is 0 Å². The summed E-state index contributed by atoms with van der Waals surface area (Å²) in [5.74, 6) is 0.396. The topological polar surface area (TPSA) is 84.2 Å². The van der Waals surface area contributed by atoms with Gasteiger partial charge in [-0.3, -0.25) is 9.59 Å². The van der Waals surface area contributed by atoms with Crippen molar-refractivity contribution in [2.45, 2.75) is 70.9 Å².